The number of aliphatic hydroxyl groups excluding tert-OH is 1. The molecular weight excluding hydrogens is 234 g/mol. The standard InChI is InChI=1S/C17H21NO/c1-13-3-4-15-10-16(6-5-14(15)9-13)18-11-17(12-19)7-2-8-17/h3-6,9-10,18-19H,2,7-8,11-12H2,1H3. The van der Waals surface area contributed by atoms with E-state index in [0.717, 1.165) is 25.1 Å². The minimum Gasteiger partial charge on any atom is -0.396 e. The lowest BCUT2D eigenvalue weighted by Crippen LogP contribution is -2.39. The molecule has 100 valence electrons. The second kappa shape index (κ2) is 4.86. The third kappa shape index (κ3) is 2.45. The van der Waals surface area contributed by atoms with Crippen LogP contribution in [0.5, 0.6) is 0 Å². The molecular formula is C17H21NO. The van der Waals surface area contributed by atoms with Gasteiger partial charge in [0.2, 0.25) is 0 Å². The van der Waals surface area contributed by atoms with Gasteiger partial charge in [0.15, 0.2) is 0 Å². The third-order valence-electron chi connectivity index (χ3n) is 4.41. The first kappa shape index (κ1) is 12.5. The molecule has 0 radical (unpaired) electrons. The summed E-state index contributed by atoms with van der Waals surface area (Å²) in [5.74, 6) is 0. The fraction of sp³-hybridized carbons (Fsp3) is 0.412. The average molecular weight is 255 g/mol. The molecule has 0 heterocycles. The summed E-state index contributed by atoms with van der Waals surface area (Å²) in [7, 11) is 0. The Kier molecular flexibility index (Phi) is 3.19. The van der Waals surface area contributed by atoms with Crippen LogP contribution in [0.15, 0.2) is 36.4 Å². The van der Waals surface area contributed by atoms with E-state index in [4.69, 9.17) is 0 Å². The number of aryl methyl sites for hydroxylation is 1. The van der Waals surface area contributed by atoms with Crippen molar-refractivity contribution >= 4 is 16.5 Å². The van der Waals surface area contributed by atoms with E-state index >= 15 is 0 Å². The largest absolute Gasteiger partial charge is 0.396 e. The van der Waals surface area contributed by atoms with Crippen molar-refractivity contribution in [3.63, 3.8) is 0 Å². The number of hydrogen-bond acceptors (Lipinski definition) is 2. The first-order chi connectivity index (χ1) is 9.21. The van der Waals surface area contributed by atoms with Crippen molar-refractivity contribution in [1.82, 2.24) is 0 Å². The molecule has 0 saturated heterocycles. The van der Waals surface area contributed by atoms with E-state index in [0.29, 0.717) is 6.61 Å². The maximum absolute atomic E-state index is 9.48. The van der Waals surface area contributed by atoms with E-state index < -0.39 is 0 Å². The van der Waals surface area contributed by atoms with Gasteiger partial charge in [-0.15, -0.1) is 0 Å². The Labute approximate surface area is 114 Å². The number of aliphatic hydroxyl groups is 1. The summed E-state index contributed by atoms with van der Waals surface area (Å²) in [5, 5.41) is 15.5. The lowest BCUT2D eigenvalue weighted by atomic mass is 9.69. The highest BCUT2D eigenvalue weighted by Crippen LogP contribution is 2.40. The van der Waals surface area contributed by atoms with Crippen LogP contribution in [0.25, 0.3) is 10.8 Å². The molecule has 2 nitrogen and oxygen atoms in total. The number of rotatable bonds is 4. The van der Waals surface area contributed by atoms with Crippen LogP contribution in [-0.2, 0) is 0 Å². The second-order valence-electron chi connectivity index (χ2n) is 5.93. The number of nitrogens with one attached hydrogen (secondary N) is 1. The minimum atomic E-state index is 0.127. The molecule has 0 aromatic heterocycles. The summed E-state index contributed by atoms with van der Waals surface area (Å²) in [6.45, 7) is 3.29. The highest BCUT2D eigenvalue weighted by molar-refractivity contribution is 5.86. The molecule has 1 aliphatic carbocycles. The van der Waals surface area contributed by atoms with Crippen molar-refractivity contribution < 1.29 is 5.11 Å². The Hall–Kier alpha value is -1.54. The number of anilines is 1. The predicted octanol–water partition coefficient (Wildman–Crippen LogP) is 3.72. The van der Waals surface area contributed by atoms with Gasteiger partial charge in [0, 0.05) is 17.6 Å². The van der Waals surface area contributed by atoms with Gasteiger partial charge in [-0.3, -0.25) is 0 Å². The number of fused-ring (bicyclic) bond motifs is 1. The molecule has 3 rings (SSSR count). The van der Waals surface area contributed by atoms with E-state index in [1.165, 1.54) is 22.8 Å². The highest BCUT2D eigenvalue weighted by Gasteiger charge is 2.35. The van der Waals surface area contributed by atoms with Crippen molar-refractivity contribution in [2.24, 2.45) is 5.41 Å². The monoisotopic (exact) mass is 255 g/mol. The molecule has 2 aromatic rings. The topological polar surface area (TPSA) is 32.3 Å². The lowest BCUT2D eigenvalue weighted by molar-refractivity contribution is 0.0576. The summed E-state index contributed by atoms with van der Waals surface area (Å²) >= 11 is 0. The zero-order valence-electron chi connectivity index (χ0n) is 11.4. The number of benzene rings is 2. The van der Waals surface area contributed by atoms with E-state index in [1.54, 1.807) is 0 Å². The van der Waals surface area contributed by atoms with Crippen LogP contribution >= 0.6 is 0 Å². The van der Waals surface area contributed by atoms with Crippen LogP contribution in [0.1, 0.15) is 24.8 Å². The zero-order chi connectivity index (χ0) is 13.3. The van der Waals surface area contributed by atoms with Gasteiger partial charge < -0.3 is 10.4 Å². The quantitative estimate of drug-likeness (QED) is 0.872. The van der Waals surface area contributed by atoms with Gasteiger partial charge in [0.05, 0.1) is 6.61 Å². The van der Waals surface area contributed by atoms with Crippen molar-refractivity contribution in [3.05, 3.63) is 42.0 Å². The molecule has 1 aliphatic rings. The van der Waals surface area contributed by atoms with Gasteiger partial charge in [-0.2, -0.15) is 0 Å². The molecule has 0 aliphatic heterocycles. The van der Waals surface area contributed by atoms with Crippen LogP contribution in [0.2, 0.25) is 0 Å². The van der Waals surface area contributed by atoms with Crippen LogP contribution in [0.4, 0.5) is 5.69 Å². The SMILES string of the molecule is Cc1ccc2cc(NCC3(CO)CCC3)ccc2c1. The maximum atomic E-state index is 9.48. The Morgan fingerprint density at radius 3 is 2.53 bits per heavy atom. The van der Waals surface area contributed by atoms with Gasteiger partial charge in [-0.1, -0.05) is 36.2 Å². The van der Waals surface area contributed by atoms with Crippen molar-refractivity contribution in [2.45, 2.75) is 26.2 Å². The van der Waals surface area contributed by atoms with Gasteiger partial charge in [-0.05, 0) is 42.7 Å². The smallest absolute Gasteiger partial charge is 0.0504 e. The van der Waals surface area contributed by atoms with Gasteiger partial charge in [0.1, 0.15) is 0 Å². The van der Waals surface area contributed by atoms with Crippen molar-refractivity contribution in [3.8, 4) is 0 Å². The first-order valence-electron chi connectivity index (χ1n) is 7.06. The molecule has 2 aromatic carbocycles. The van der Waals surface area contributed by atoms with Gasteiger partial charge >= 0.3 is 0 Å². The van der Waals surface area contributed by atoms with Crippen LogP contribution in [-0.4, -0.2) is 18.3 Å². The fourth-order valence-electron chi connectivity index (χ4n) is 2.83. The van der Waals surface area contributed by atoms with Gasteiger partial charge in [-0.25, -0.2) is 0 Å². The molecule has 0 spiro atoms. The second-order valence-corrected chi connectivity index (χ2v) is 5.93. The van der Waals surface area contributed by atoms with E-state index in [-0.39, 0.29) is 5.41 Å². The number of hydrogen-bond donors (Lipinski definition) is 2. The Morgan fingerprint density at radius 1 is 1.11 bits per heavy atom. The zero-order valence-corrected chi connectivity index (χ0v) is 11.4. The molecule has 1 fully saturated rings. The van der Waals surface area contributed by atoms with Crippen LogP contribution in [0.3, 0.4) is 0 Å². The first-order valence-corrected chi connectivity index (χ1v) is 7.06. The average Bonchev–Trinajstić information content (AvgIpc) is 2.38. The normalized spacial score (nSPS) is 17.2. The molecule has 1 saturated carbocycles. The molecule has 0 bridgehead atoms. The molecule has 0 atom stereocenters. The molecule has 0 amide bonds. The molecule has 0 unspecified atom stereocenters. The molecule has 2 N–H and O–H groups in total. The lowest BCUT2D eigenvalue weighted by Gasteiger charge is -2.40. The Bertz CT molecular complexity index is 581. The van der Waals surface area contributed by atoms with E-state index in [2.05, 4.69) is 48.6 Å². The summed E-state index contributed by atoms with van der Waals surface area (Å²) in [6.07, 6.45) is 3.53. The van der Waals surface area contributed by atoms with E-state index in [1.807, 2.05) is 0 Å². The summed E-state index contributed by atoms with van der Waals surface area (Å²) in [4.78, 5) is 0. The van der Waals surface area contributed by atoms with Crippen molar-refractivity contribution in [2.75, 3.05) is 18.5 Å². The van der Waals surface area contributed by atoms with E-state index in [9.17, 15) is 5.11 Å². The van der Waals surface area contributed by atoms with Crippen molar-refractivity contribution in [1.29, 1.82) is 0 Å². The molecule has 2 heteroatoms. The third-order valence-corrected chi connectivity index (χ3v) is 4.41. The molecule has 19 heavy (non-hydrogen) atoms. The summed E-state index contributed by atoms with van der Waals surface area (Å²) < 4.78 is 0. The maximum Gasteiger partial charge on any atom is 0.0504 e. The van der Waals surface area contributed by atoms with Crippen LogP contribution < -0.4 is 5.32 Å². The van der Waals surface area contributed by atoms with Gasteiger partial charge in [0.25, 0.3) is 0 Å². The van der Waals surface area contributed by atoms with Crippen LogP contribution in [0, 0.1) is 12.3 Å². The Balaban J connectivity index is 1.76. The summed E-state index contributed by atoms with van der Waals surface area (Å²) in [6, 6.07) is 13.0. The predicted molar refractivity (Wildman–Crippen MR) is 80.5 cm³/mol. The minimum absolute atomic E-state index is 0.127. The Morgan fingerprint density at radius 2 is 1.84 bits per heavy atom. The summed E-state index contributed by atoms with van der Waals surface area (Å²) in [5.41, 5.74) is 2.57. The fourth-order valence-corrected chi connectivity index (χ4v) is 2.83. The highest BCUT2D eigenvalue weighted by atomic mass is 16.3.